The zero-order valence-corrected chi connectivity index (χ0v) is 10.7. The van der Waals surface area contributed by atoms with Crippen LogP contribution in [0.1, 0.15) is 22.5 Å². The van der Waals surface area contributed by atoms with Gasteiger partial charge in [0.15, 0.2) is 0 Å². The number of hydrogen-bond acceptors (Lipinski definition) is 4. The molecule has 0 aliphatic carbocycles. The molecule has 2 heterocycles. The summed E-state index contributed by atoms with van der Waals surface area (Å²) >= 11 is 0. The van der Waals surface area contributed by atoms with Crippen LogP contribution in [0, 0.1) is 5.92 Å². The SMILES string of the molecule is NC(=O)c1ccc(C(F)(F)F)nc1N1CCC(C(=O)O)C1. The molecule has 1 aliphatic rings. The Kier molecular flexibility index (Phi) is 3.75. The zero-order valence-electron chi connectivity index (χ0n) is 10.7. The minimum atomic E-state index is -4.66. The van der Waals surface area contributed by atoms with Gasteiger partial charge < -0.3 is 15.7 Å². The highest BCUT2D eigenvalue weighted by Gasteiger charge is 2.36. The van der Waals surface area contributed by atoms with Crippen LogP contribution in [0.25, 0.3) is 0 Å². The molecule has 1 atom stereocenters. The van der Waals surface area contributed by atoms with Crippen LogP contribution in [0.3, 0.4) is 0 Å². The van der Waals surface area contributed by atoms with E-state index < -0.39 is 29.7 Å². The van der Waals surface area contributed by atoms with Crippen molar-refractivity contribution in [2.24, 2.45) is 11.7 Å². The number of primary amides is 1. The Morgan fingerprint density at radius 2 is 2.05 bits per heavy atom. The molecule has 9 heteroatoms. The molecule has 1 saturated heterocycles. The lowest BCUT2D eigenvalue weighted by molar-refractivity contribution is -0.142. The van der Waals surface area contributed by atoms with Crippen LogP contribution in [-0.2, 0) is 11.0 Å². The number of halogens is 3. The molecule has 0 saturated carbocycles. The predicted molar refractivity (Wildman–Crippen MR) is 65.7 cm³/mol. The maximum absolute atomic E-state index is 12.7. The van der Waals surface area contributed by atoms with E-state index in [-0.39, 0.29) is 30.9 Å². The number of amides is 1. The van der Waals surface area contributed by atoms with Crippen LogP contribution in [0.15, 0.2) is 12.1 Å². The van der Waals surface area contributed by atoms with Crippen LogP contribution in [0.5, 0.6) is 0 Å². The first kappa shape index (κ1) is 15.1. The fourth-order valence-electron chi connectivity index (χ4n) is 2.19. The van der Waals surface area contributed by atoms with Gasteiger partial charge >= 0.3 is 12.1 Å². The number of nitrogens with two attached hydrogens (primary N) is 1. The van der Waals surface area contributed by atoms with Gasteiger partial charge in [0, 0.05) is 13.1 Å². The largest absolute Gasteiger partial charge is 0.481 e. The van der Waals surface area contributed by atoms with Gasteiger partial charge in [0.25, 0.3) is 5.91 Å². The first-order valence-electron chi connectivity index (χ1n) is 6.06. The molecule has 1 aromatic rings. The molecule has 114 valence electrons. The molecular weight excluding hydrogens is 291 g/mol. The summed E-state index contributed by atoms with van der Waals surface area (Å²) < 4.78 is 38.1. The normalized spacial score (nSPS) is 18.8. The van der Waals surface area contributed by atoms with Crippen molar-refractivity contribution in [3.8, 4) is 0 Å². The summed E-state index contributed by atoms with van der Waals surface area (Å²) in [5, 5.41) is 8.92. The van der Waals surface area contributed by atoms with Crippen LogP contribution in [0.4, 0.5) is 19.0 Å². The fourth-order valence-corrected chi connectivity index (χ4v) is 2.19. The third-order valence-electron chi connectivity index (χ3n) is 3.27. The summed E-state index contributed by atoms with van der Waals surface area (Å²) in [6.45, 7) is 0.190. The van der Waals surface area contributed by atoms with Gasteiger partial charge in [-0.05, 0) is 18.6 Å². The zero-order chi connectivity index (χ0) is 15.8. The van der Waals surface area contributed by atoms with Gasteiger partial charge in [0.05, 0.1) is 11.5 Å². The van der Waals surface area contributed by atoms with Crippen molar-refractivity contribution in [1.82, 2.24) is 4.98 Å². The van der Waals surface area contributed by atoms with Crippen molar-refractivity contribution in [2.45, 2.75) is 12.6 Å². The molecule has 1 fully saturated rings. The van der Waals surface area contributed by atoms with Gasteiger partial charge in [-0.25, -0.2) is 4.98 Å². The number of anilines is 1. The molecule has 0 radical (unpaired) electrons. The first-order chi connectivity index (χ1) is 9.70. The molecule has 3 N–H and O–H groups in total. The molecule has 2 rings (SSSR count). The second kappa shape index (κ2) is 5.23. The molecular formula is C12H12F3N3O3. The van der Waals surface area contributed by atoms with Gasteiger partial charge in [-0.15, -0.1) is 0 Å². The Bertz CT molecular complexity index is 589. The highest BCUT2D eigenvalue weighted by molar-refractivity contribution is 5.97. The third kappa shape index (κ3) is 3.06. The van der Waals surface area contributed by atoms with Gasteiger partial charge in [0.2, 0.25) is 0 Å². The van der Waals surface area contributed by atoms with Gasteiger partial charge in [-0.2, -0.15) is 13.2 Å². The van der Waals surface area contributed by atoms with Crippen molar-refractivity contribution in [3.05, 3.63) is 23.4 Å². The molecule has 1 aliphatic heterocycles. The van der Waals surface area contributed by atoms with Crippen molar-refractivity contribution >= 4 is 17.7 Å². The standard InChI is InChI=1S/C12H12F3N3O3/c13-12(14,15)8-2-1-7(9(16)19)10(17-8)18-4-3-6(5-18)11(20)21/h1-2,6H,3-5H2,(H2,16,19)(H,20,21). The van der Waals surface area contributed by atoms with E-state index in [2.05, 4.69) is 4.98 Å². The minimum absolute atomic E-state index is 0.01000. The van der Waals surface area contributed by atoms with Gasteiger partial charge in [0.1, 0.15) is 11.5 Å². The number of carboxylic acid groups (broad SMARTS) is 1. The summed E-state index contributed by atoms with van der Waals surface area (Å²) in [4.78, 5) is 27.0. The van der Waals surface area contributed by atoms with E-state index in [1.807, 2.05) is 0 Å². The number of rotatable bonds is 3. The number of aliphatic carboxylic acids is 1. The Morgan fingerprint density at radius 1 is 1.38 bits per heavy atom. The second-order valence-electron chi connectivity index (χ2n) is 4.70. The maximum Gasteiger partial charge on any atom is 0.433 e. The van der Waals surface area contributed by atoms with Gasteiger partial charge in [-0.1, -0.05) is 0 Å². The number of aromatic nitrogens is 1. The van der Waals surface area contributed by atoms with E-state index in [9.17, 15) is 22.8 Å². The maximum atomic E-state index is 12.7. The lowest BCUT2D eigenvalue weighted by Gasteiger charge is -2.20. The highest BCUT2D eigenvalue weighted by atomic mass is 19.4. The van der Waals surface area contributed by atoms with E-state index in [4.69, 9.17) is 10.8 Å². The van der Waals surface area contributed by atoms with E-state index in [1.165, 1.54) is 4.90 Å². The topological polar surface area (TPSA) is 96.5 Å². The molecule has 21 heavy (non-hydrogen) atoms. The Hall–Kier alpha value is -2.32. The monoisotopic (exact) mass is 303 g/mol. The van der Waals surface area contributed by atoms with Crippen LogP contribution in [0.2, 0.25) is 0 Å². The van der Waals surface area contributed by atoms with E-state index >= 15 is 0 Å². The van der Waals surface area contributed by atoms with Crippen molar-refractivity contribution < 1.29 is 27.9 Å². The number of alkyl halides is 3. The van der Waals surface area contributed by atoms with E-state index in [0.717, 1.165) is 6.07 Å². The summed E-state index contributed by atoms with van der Waals surface area (Å²) in [7, 11) is 0. The summed E-state index contributed by atoms with van der Waals surface area (Å²) in [5.41, 5.74) is 3.82. The fraction of sp³-hybridized carbons (Fsp3) is 0.417. The highest BCUT2D eigenvalue weighted by Crippen LogP contribution is 2.32. The number of nitrogens with zero attached hydrogens (tertiary/aromatic N) is 2. The smallest absolute Gasteiger partial charge is 0.433 e. The summed E-state index contributed by atoms with van der Waals surface area (Å²) in [6.07, 6.45) is -4.39. The molecule has 0 aromatic carbocycles. The second-order valence-corrected chi connectivity index (χ2v) is 4.70. The quantitative estimate of drug-likeness (QED) is 0.872. The van der Waals surface area contributed by atoms with Crippen LogP contribution in [-0.4, -0.2) is 35.1 Å². The number of carbonyl (C=O) groups is 2. The van der Waals surface area contributed by atoms with Crippen LogP contribution < -0.4 is 10.6 Å². The predicted octanol–water partition coefficient (Wildman–Crippen LogP) is 1.11. The molecule has 1 amide bonds. The van der Waals surface area contributed by atoms with E-state index in [1.54, 1.807) is 0 Å². The average Bonchev–Trinajstić information content (AvgIpc) is 2.86. The summed E-state index contributed by atoms with van der Waals surface area (Å²) in [6, 6.07) is 1.63. The van der Waals surface area contributed by atoms with Crippen LogP contribution >= 0.6 is 0 Å². The van der Waals surface area contributed by atoms with Gasteiger partial charge in [-0.3, -0.25) is 9.59 Å². The number of pyridine rings is 1. The third-order valence-corrected chi connectivity index (χ3v) is 3.27. The summed E-state index contributed by atoms with van der Waals surface area (Å²) in [5.74, 6) is -2.88. The van der Waals surface area contributed by atoms with E-state index in [0.29, 0.717) is 6.07 Å². The van der Waals surface area contributed by atoms with Crippen molar-refractivity contribution in [2.75, 3.05) is 18.0 Å². The lowest BCUT2D eigenvalue weighted by atomic mass is 10.1. The Morgan fingerprint density at radius 3 is 2.52 bits per heavy atom. The number of carbonyl (C=O) groups excluding carboxylic acids is 1. The average molecular weight is 303 g/mol. The molecule has 0 bridgehead atoms. The molecule has 1 aromatic heterocycles. The lowest BCUT2D eigenvalue weighted by Crippen LogP contribution is -2.28. The molecule has 0 spiro atoms. The molecule has 6 nitrogen and oxygen atoms in total. The number of carboxylic acids is 1. The minimum Gasteiger partial charge on any atom is -0.481 e. The molecule has 1 unspecified atom stereocenters. The number of hydrogen-bond donors (Lipinski definition) is 2. The van der Waals surface area contributed by atoms with Crippen molar-refractivity contribution in [1.29, 1.82) is 0 Å². The Balaban J connectivity index is 2.40. The first-order valence-corrected chi connectivity index (χ1v) is 6.06. The van der Waals surface area contributed by atoms with Crippen molar-refractivity contribution in [3.63, 3.8) is 0 Å². The Labute approximate surface area is 117 Å².